The molecule has 6 heteroatoms. The monoisotopic (exact) mass is 306 g/mol. The first-order valence-electron chi connectivity index (χ1n) is 6.23. The summed E-state index contributed by atoms with van der Waals surface area (Å²) in [4.78, 5) is 0.104. The molecule has 0 unspecified atom stereocenters. The van der Waals surface area contributed by atoms with Gasteiger partial charge in [0.05, 0.1) is 19.1 Å². The van der Waals surface area contributed by atoms with Crippen LogP contribution in [-0.2, 0) is 10.0 Å². The minimum Gasteiger partial charge on any atom is -0.570 e. The molecule has 0 bridgehead atoms. The predicted molar refractivity (Wildman–Crippen MR) is 80.9 cm³/mol. The van der Waals surface area contributed by atoms with Crippen molar-refractivity contribution in [3.05, 3.63) is 52.8 Å². The van der Waals surface area contributed by atoms with Crippen molar-refractivity contribution < 1.29 is 17.9 Å². The molecular formula is C15H16NO4S-. The van der Waals surface area contributed by atoms with Gasteiger partial charge in [-0.25, -0.2) is 8.42 Å². The van der Waals surface area contributed by atoms with E-state index < -0.39 is 10.0 Å². The van der Waals surface area contributed by atoms with E-state index in [0.717, 1.165) is 5.56 Å². The lowest BCUT2D eigenvalue weighted by atomic mass is 10.2. The standard InChI is InChI=1S/C15H16NO4S/c1-11-4-9-15(20-3)14(10-11)16-21(17,18)13-7-5-12(19-2)6-8-13/h4-10H,1-3H3/q-1. The van der Waals surface area contributed by atoms with E-state index >= 15 is 0 Å². The molecule has 112 valence electrons. The van der Waals surface area contributed by atoms with Crippen LogP contribution < -0.4 is 9.47 Å². The SMILES string of the molecule is COc1ccc(S(=O)(=O)[N-]c2cc(C)ccc2OC)cc1. The minimum absolute atomic E-state index is 0.104. The van der Waals surface area contributed by atoms with Crippen LogP contribution >= 0.6 is 0 Å². The summed E-state index contributed by atoms with van der Waals surface area (Å²) in [6.45, 7) is 1.86. The maximum atomic E-state index is 12.3. The number of nitrogens with zero attached hydrogens (tertiary/aromatic N) is 1. The van der Waals surface area contributed by atoms with Crippen molar-refractivity contribution in [1.29, 1.82) is 0 Å². The Morgan fingerprint density at radius 1 is 0.952 bits per heavy atom. The molecule has 0 saturated carbocycles. The van der Waals surface area contributed by atoms with Gasteiger partial charge in [-0.3, -0.25) is 0 Å². The van der Waals surface area contributed by atoms with Crippen LogP contribution in [0.25, 0.3) is 4.72 Å². The fourth-order valence-corrected chi connectivity index (χ4v) is 2.79. The van der Waals surface area contributed by atoms with Crippen LogP contribution in [0.1, 0.15) is 5.56 Å². The smallest absolute Gasteiger partial charge is 0.123 e. The van der Waals surface area contributed by atoms with E-state index in [4.69, 9.17) is 9.47 Å². The topological polar surface area (TPSA) is 66.7 Å². The third-order valence-electron chi connectivity index (χ3n) is 2.91. The van der Waals surface area contributed by atoms with Crippen LogP contribution in [0, 0.1) is 6.92 Å². The van der Waals surface area contributed by atoms with Crippen LogP contribution in [0.15, 0.2) is 47.4 Å². The van der Waals surface area contributed by atoms with Crippen LogP contribution in [0.2, 0.25) is 0 Å². The summed E-state index contributed by atoms with van der Waals surface area (Å²) in [5.41, 5.74) is 1.19. The summed E-state index contributed by atoms with van der Waals surface area (Å²) in [5.74, 6) is 1.000. The van der Waals surface area contributed by atoms with E-state index in [1.54, 1.807) is 24.3 Å². The largest absolute Gasteiger partial charge is 0.570 e. The second-order valence-electron chi connectivity index (χ2n) is 4.42. The molecule has 0 N–H and O–H groups in total. The summed E-state index contributed by atoms with van der Waals surface area (Å²) >= 11 is 0. The molecule has 5 nitrogen and oxygen atoms in total. The van der Waals surface area contributed by atoms with Crippen molar-refractivity contribution >= 4 is 15.7 Å². The quantitative estimate of drug-likeness (QED) is 0.849. The second-order valence-corrected chi connectivity index (χ2v) is 6.02. The third-order valence-corrected chi connectivity index (χ3v) is 4.22. The van der Waals surface area contributed by atoms with Gasteiger partial charge in [-0.1, -0.05) is 23.4 Å². The Morgan fingerprint density at radius 3 is 2.19 bits per heavy atom. The van der Waals surface area contributed by atoms with Gasteiger partial charge in [0.15, 0.2) is 0 Å². The molecule has 21 heavy (non-hydrogen) atoms. The van der Waals surface area contributed by atoms with Crippen molar-refractivity contribution in [1.82, 2.24) is 0 Å². The average Bonchev–Trinajstić information content (AvgIpc) is 2.47. The zero-order valence-corrected chi connectivity index (χ0v) is 12.8. The number of ether oxygens (including phenoxy) is 2. The molecule has 0 fully saturated rings. The van der Waals surface area contributed by atoms with Crippen LogP contribution in [-0.4, -0.2) is 22.6 Å². The summed E-state index contributed by atoms with van der Waals surface area (Å²) in [6, 6.07) is 11.3. The van der Waals surface area contributed by atoms with Gasteiger partial charge in [0, 0.05) is 0 Å². The van der Waals surface area contributed by atoms with Crippen LogP contribution in [0.3, 0.4) is 0 Å². The van der Waals surface area contributed by atoms with Crippen LogP contribution in [0.4, 0.5) is 5.69 Å². The van der Waals surface area contributed by atoms with Crippen molar-refractivity contribution in [3.8, 4) is 11.5 Å². The normalized spacial score (nSPS) is 11.0. The first-order valence-corrected chi connectivity index (χ1v) is 7.67. The number of hydrogen-bond donors (Lipinski definition) is 0. The van der Waals surface area contributed by atoms with Gasteiger partial charge in [0.2, 0.25) is 0 Å². The molecule has 2 aromatic rings. The zero-order chi connectivity index (χ0) is 15.5. The molecule has 0 aliphatic carbocycles. The summed E-state index contributed by atoms with van der Waals surface area (Å²) < 4.78 is 38.6. The number of hydrogen-bond acceptors (Lipinski definition) is 4. The molecule has 0 amide bonds. The lowest BCUT2D eigenvalue weighted by molar-refractivity contribution is 0.414. The van der Waals surface area contributed by atoms with Crippen LogP contribution in [0.5, 0.6) is 11.5 Å². The Balaban J connectivity index is 2.34. The van der Waals surface area contributed by atoms with E-state index in [-0.39, 0.29) is 10.6 Å². The first kappa shape index (κ1) is 15.2. The highest BCUT2D eigenvalue weighted by molar-refractivity contribution is 7.94. The van der Waals surface area contributed by atoms with Gasteiger partial charge in [-0.05, 0) is 37.3 Å². The maximum absolute atomic E-state index is 12.3. The van der Waals surface area contributed by atoms with Crippen molar-refractivity contribution in [2.75, 3.05) is 14.2 Å². The number of sulfonamides is 1. The molecule has 0 radical (unpaired) electrons. The number of benzene rings is 2. The summed E-state index contributed by atoms with van der Waals surface area (Å²) in [5, 5.41) is 0. The molecule has 0 saturated heterocycles. The van der Waals surface area contributed by atoms with Gasteiger partial charge in [-0.2, -0.15) is 0 Å². The average molecular weight is 306 g/mol. The Kier molecular flexibility index (Phi) is 4.37. The Hall–Kier alpha value is -2.21. The maximum Gasteiger partial charge on any atom is 0.123 e. The van der Waals surface area contributed by atoms with E-state index in [1.807, 2.05) is 13.0 Å². The van der Waals surface area contributed by atoms with Crippen molar-refractivity contribution in [2.24, 2.45) is 0 Å². The molecule has 0 aliphatic heterocycles. The summed E-state index contributed by atoms with van der Waals surface area (Å²) in [7, 11) is -0.803. The highest BCUT2D eigenvalue weighted by atomic mass is 32.2. The van der Waals surface area contributed by atoms with Gasteiger partial charge >= 0.3 is 0 Å². The number of aryl methyl sites for hydroxylation is 1. The molecular weight excluding hydrogens is 290 g/mol. The van der Waals surface area contributed by atoms with E-state index in [9.17, 15) is 8.42 Å². The zero-order valence-electron chi connectivity index (χ0n) is 12.0. The van der Waals surface area contributed by atoms with E-state index in [1.165, 1.54) is 26.4 Å². The highest BCUT2D eigenvalue weighted by Gasteiger charge is 2.07. The molecule has 2 rings (SSSR count). The van der Waals surface area contributed by atoms with Gasteiger partial charge in [0.25, 0.3) is 0 Å². The highest BCUT2D eigenvalue weighted by Crippen LogP contribution is 2.36. The molecule has 2 aromatic carbocycles. The first-order chi connectivity index (χ1) is 9.96. The Bertz CT molecular complexity index is 724. The lowest BCUT2D eigenvalue weighted by Crippen LogP contribution is -1.99. The fourth-order valence-electron chi connectivity index (χ4n) is 1.80. The van der Waals surface area contributed by atoms with Gasteiger partial charge in [0.1, 0.15) is 21.5 Å². The number of rotatable bonds is 5. The number of methoxy groups -OCH3 is 2. The van der Waals surface area contributed by atoms with Gasteiger partial charge < -0.3 is 14.2 Å². The van der Waals surface area contributed by atoms with E-state index in [2.05, 4.69) is 4.72 Å². The van der Waals surface area contributed by atoms with Crippen molar-refractivity contribution in [2.45, 2.75) is 11.8 Å². The molecule has 0 aromatic heterocycles. The second kappa shape index (κ2) is 6.05. The minimum atomic E-state index is -3.80. The molecule has 0 atom stereocenters. The Labute approximate surface area is 124 Å². The lowest BCUT2D eigenvalue weighted by Gasteiger charge is -2.24. The fraction of sp³-hybridized carbons (Fsp3) is 0.200. The third kappa shape index (κ3) is 3.46. The molecule has 0 heterocycles. The molecule has 0 spiro atoms. The molecule has 0 aliphatic rings. The van der Waals surface area contributed by atoms with E-state index in [0.29, 0.717) is 11.5 Å². The van der Waals surface area contributed by atoms with Gasteiger partial charge in [-0.15, -0.1) is 0 Å². The Morgan fingerprint density at radius 2 is 1.62 bits per heavy atom. The predicted octanol–water partition coefficient (Wildman–Crippen LogP) is 3.41. The summed E-state index contributed by atoms with van der Waals surface area (Å²) in [6.07, 6.45) is 0. The van der Waals surface area contributed by atoms with Crippen molar-refractivity contribution in [3.63, 3.8) is 0 Å².